The van der Waals surface area contributed by atoms with Crippen LogP contribution in [0.15, 0.2) is 5.29 Å². The molecular formula is C7H14N4O4. The van der Waals surface area contributed by atoms with E-state index in [2.05, 4.69) is 10.6 Å². The quantitative estimate of drug-likeness (QED) is 0.315. The van der Waals surface area contributed by atoms with E-state index in [-0.39, 0.29) is 13.0 Å². The SMILES string of the molecule is CN(N=O)C(=O)NCCCC(N)C(=O)O. The van der Waals surface area contributed by atoms with Crippen LogP contribution in [0.3, 0.4) is 0 Å². The molecule has 0 fully saturated rings. The zero-order valence-corrected chi connectivity index (χ0v) is 8.34. The smallest absolute Gasteiger partial charge is 0.340 e. The van der Waals surface area contributed by atoms with E-state index in [9.17, 15) is 14.5 Å². The zero-order chi connectivity index (χ0) is 11.8. The van der Waals surface area contributed by atoms with Crippen molar-refractivity contribution in [1.82, 2.24) is 10.3 Å². The summed E-state index contributed by atoms with van der Waals surface area (Å²) in [6.07, 6.45) is 0.680. The molecule has 8 nitrogen and oxygen atoms in total. The molecule has 0 heterocycles. The van der Waals surface area contributed by atoms with Crippen LogP contribution >= 0.6 is 0 Å². The van der Waals surface area contributed by atoms with Crippen LogP contribution in [0.4, 0.5) is 4.79 Å². The van der Waals surface area contributed by atoms with Gasteiger partial charge in [0.1, 0.15) is 6.04 Å². The van der Waals surface area contributed by atoms with Gasteiger partial charge in [0.2, 0.25) is 0 Å². The molecule has 0 radical (unpaired) electrons. The van der Waals surface area contributed by atoms with Crippen molar-refractivity contribution < 1.29 is 14.7 Å². The summed E-state index contributed by atoms with van der Waals surface area (Å²) in [5, 5.41) is 13.8. The van der Waals surface area contributed by atoms with E-state index in [0.717, 1.165) is 0 Å². The first-order valence-corrected chi connectivity index (χ1v) is 4.32. The van der Waals surface area contributed by atoms with Crippen molar-refractivity contribution in [1.29, 1.82) is 0 Å². The third-order valence-corrected chi connectivity index (χ3v) is 1.70. The summed E-state index contributed by atoms with van der Waals surface area (Å²) >= 11 is 0. The number of carbonyl (C=O) groups excluding carboxylic acids is 1. The van der Waals surface area contributed by atoms with Crippen molar-refractivity contribution in [3.8, 4) is 0 Å². The number of amides is 2. The fourth-order valence-electron chi connectivity index (χ4n) is 0.792. The summed E-state index contributed by atoms with van der Waals surface area (Å²) in [5.74, 6) is -1.08. The number of nitrogens with two attached hydrogens (primary N) is 1. The van der Waals surface area contributed by atoms with Gasteiger partial charge >= 0.3 is 12.0 Å². The molecule has 0 rings (SSSR count). The average Bonchev–Trinajstić information content (AvgIpc) is 2.22. The number of nitrogens with zero attached hydrogens (tertiary/aromatic N) is 2. The second-order valence-electron chi connectivity index (χ2n) is 2.92. The highest BCUT2D eigenvalue weighted by atomic mass is 16.4. The van der Waals surface area contributed by atoms with Gasteiger partial charge in [-0.1, -0.05) is 0 Å². The minimum Gasteiger partial charge on any atom is -0.480 e. The molecule has 0 bridgehead atoms. The van der Waals surface area contributed by atoms with Crippen LogP contribution in [-0.4, -0.2) is 41.8 Å². The largest absolute Gasteiger partial charge is 0.480 e. The summed E-state index contributed by atoms with van der Waals surface area (Å²) in [6.45, 7) is 0.250. The predicted octanol–water partition coefficient (Wildman–Crippen LogP) is -0.499. The number of nitroso groups, excluding NO2 is 1. The maximum atomic E-state index is 10.9. The van der Waals surface area contributed by atoms with Crippen molar-refractivity contribution in [2.75, 3.05) is 13.6 Å². The molecular weight excluding hydrogens is 204 g/mol. The van der Waals surface area contributed by atoms with E-state index in [1.165, 1.54) is 7.05 Å². The molecule has 0 aromatic carbocycles. The Morgan fingerprint density at radius 1 is 1.60 bits per heavy atom. The lowest BCUT2D eigenvalue weighted by atomic mass is 10.2. The summed E-state index contributed by atoms with van der Waals surface area (Å²) in [6, 6.07) is -1.56. The summed E-state index contributed by atoms with van der Waals surface area (Å²) in [5.41, 5.74) is 5.23. The minimum atomic E-state index is -1.08. The molecule has 0 aliphatic heterocycles. The molecule has 1 unspecified atom stereocenters. The van der Waals surface area contributed by atoms with E-state index in [1.54, 1.807) is 0 Å². The summed E-state index contributed by atoms with van der Waals surface area (Å²) < 4.78 is 0. The maximum absolute atomic E-state index is 10.9. The molecule has 0 aliphatic carbocycles. The van der Waals surface area contributed by atoms with Gasteiger partial charge in [-0.15, -0.1) is 4.91 Å². The van der Waals surface area contributed by atoms with Gasteiger partial charge in [0.15, 0.2) is 0 Å². The number of rotatable bonds is 6. The first kappa shape index (κ1) is 13.3. The number of carboxylic acid groups (broad SMARTS) is 1. The Kier molecular flexibility index (Phi) is 5.95. The second-order valence-corrected chi connectivity index (χ2v) is 2.92. The van der Waals surface area contributed by atoms with Crippen molar-refractivity contribution in [3.05, 3.63) is 4.91 Å². The van der Waals surface area contributed by atoms with E-state index in [0.29, 0.717) is 11.4 Å². The topological polar surface area (TPSA) is 125 Å². The van der Waals surface area contributed by atoms with Crippen LogP contribution in [0.1, 0.15) is 12.8 Å². The Bertz CT molecular complexity index is 245. The van der Waals surface area contributed by atoms with Crippen LogP contribution < -0.4 is 11.1 Å². The Balaban J connectivity index is 3.59. The van der Waals surface area contributed by atoms with Gasteiger partial charge < -0.3 is 16.2 Å². The van der Waals surface area contributed by atoms with Crippen LogP contribution in [0.5, 0.6) is 0 Å². The summed E-state index contributed by atoms with van der Waals surface area (Å²) in [7, 11) is 1.21. The number of hydrogen-bond donors (Lipinski definition) is 3. The van der Waals surface area contributed by atoms with Gasteiger partial charge in [0.05, 0.1) is 5.29 Å². The molecule has 0 saturated carbocycles. The lowest BCUT2D eigenvalue weighted by molar-refractivity contribution is -0.138. The molecule has 8 heteroatoms. The van der Waals surface area contributed by atoms with Gasteiger partial charge in [0.25, 0.3) is 0 Å². The van der Waals surface area contributed by atoms with Gasteiger partial charge in [-0.2, -0.15) is 5.01 Å². The second kappa shape index (κ2) is 6.71. The molecule has 0 spiro atoms. The number of hydrogen-bond acceptors (Lipinski definition) is 5. The van der Waals surface area contributed by atoms with Gasteiger partial charge in [0, 0.05) is 13.6 Å². The van der Waals surface area contributed by atoms with Crippen LogP contribution in [0.25, 0.3) is 0 Å². The van der Waals surface area contributed by atoms with Crippen LogP contribution in [-0.2, 0) is 4.79 Å². The third kappa shape index (κ3) is 5.57. The fraction of sp³-hybridized carbons (Fsp3) is 0.714. The highest BCUT2D eigenvalue weighted by molar-refractivity contribution is 5.73. The number of carboxylic acids is 1. The number of urea groups is 1. The minimum absolute atomic E-state index is 0.250. The number of carbonyl (C=O) groups is 2. The van der Waals surface area contributed by atoms with Gasteiger partial charge in [-0.25, -0.2) is 4.79 Å². The highest BCUT2D eigenvalue weighted by Crippen LogP contribution is 1.93. The van der Waals surface area contributed by atoms with Crippen molar-refractivity contribution >= 4 is 12.0 Å². The molecule has 0 aromatic rings. The monoisotopic (exact) mass is 218 g/mol. The lowest BCUT2D eigenvalue weighted by Gasteiger charge is -2.09. The predicted molar refractivity (Wildman–Crippen MR) is 51.8 cm³/mol. The van der Waals surface area contributed by atoms with Crippen LogP contribution in [0, 0.1) is 4.91 Å². The third-order valence-electron chi connectivity index (χ3n) is 1.70. The van der Waals surface area contributed by atoms with Gasteiger partial charge in [-0.05, 0) is 12.8 Å². The van der Waals surface area contributed by atoms with E-state index < -0.39 is 18.0 Å². The lowest BCUT2D eigenvalue weighted by Crippen LogP contribution is -2.35. The Labute approximate surface area is 86.4 Å². The molecule has 4 N–H and O–H groups in total. The molecule has 0 saturated heterocycles. The molecule has 0 aliphatic rings. The first-order valence-electron chi connectivity index (χ1n) is 4.32. The Morgan fingerprint density at radius 3 is 2.67 bits per heavy atom. The molecule has 2 amide bonds. The zero-order valence-electron chi connectivity index (χ0n) is 8.34. The fourth-order valence-corrected chi connectivity index (χ4v) is 0.792. The highest BCUT2D eigenvalue weighted by Gasteiger charge is 2.11. The van der Waals surface area contributed by atoms with E-state index >= 15 is 0 Å². The Morgan fingerprint density at radius 2 is 2.20 bits per heavy atom. The van der Waals surface area contributed by atoms with Crippen molar-refractivity contribution in [2.24, 2.45) is 11.0 Å². The normalized spacial score (nSPS) is 11.6. The molecule has 1 atom stereocenters. The molecule has 86 valence electrons. The van der Waals surface area contributed by atoms with Crippen molar-refractivity contribution in [3.63, 3.8) is 0 Å². The van der Waals surface area contributed by atoms with Crippen molar-refractivity contribution in [2.45, 2.75) is 18.9 Å². The maximum Gasteiger partial charge on any atom is 0.340 e. The van der Waals surface area contributed by atoms with E-state index in [1.807, 2.05) is 0 Å². The Hall–Kier alpha value is -1.70. The van der Waals surface area contributed by atoms with E-state index in [4.69, 9.17) is 10.8 Å². The summed E-state index contributed by atoms with van der Waals surface area (Å²) in [4.78, 5) is 31.1. The van der Waals surface area contributed by atoms with Gasteiger partial charge in [-0.3, -0.25) is 4.79 Å². The van der Waals surface area contributed by atoms with Crippen LogP contribution in [0.2, 0.25) is 0 Å². The standard InChI is InChI=1S/C7H14N4O4/c1-11(10-15)7(14)9-4-2-3-5(8)6(12)13/h5H,2-4,8H2,1H3,(H,9,14)(H,12,13). The number of aliphatic carboxylic acids is 1. The first-order chi connectivity index (χ1) is 6.99. The number of nitrogens with one attached hydrogen (secondary N) is 1. The average molecular weight is 218 g/mol. The molecule has 0 aromatic heterocycles. The molecule has 15 heavy (non-hydrogen) atoms.